The van der Waals surface area contributed by atoms with Crippen molar-refractivity contribution in [1.82, 2.24) is 38.0 Å². The molecule has 0 aliphatic carbocycles. The maximum Gasteiger partial charge on any atom is 0.481 e. The molecule has 0 radical (unpaired) electrons. The first-order valence-electron chi connectivity index (χ1n) is 6.45. The van der Waals surface area contributed by atoms with Crippen LogP contribution in [0.15, 0.2) is 6.33 Å². The first-order chi connectivity index (χ1) is 11.1. The molecule has 158 valence electrons. The fourth-order valence-electron chi connectivity index (χ4n) is 1.82. The molecule has 0 aliphatic rings. The Morgan fingerprint density at radius 1 is 1.15 bits per heavy atom. The molecule has 2 rings (SSSR count). The number of aromatic nitrogens is 4. The smallest absolute Gasteiger partial charge is 0.382 e. The van der Waals surface area contributed by atoms with Gasteiger partial charge in [-0.25, -0.2) is 14.1 Å². The average Bonchev–Trinajstić information content (AvgIpc) is 2.78. The van der Waals surface area contributed by atoms with Crippen molar-refractivity contribution >= 4 is 44.2 Å². The number of phosphoric acid groups is 2. The van der Waals surface area contributed by atoms with Gasteiger partial charge in [-0.15, -0.1) is 0 Å². The SMILES string of the molecule is N.N.N.Nc1nc(Cl)nc2c1ncn2CCCCOP(=O)(O)OP(=O)(O)O. The zero-order chi connectivity index (χ0) is 18.0. The number of rotatable bonds is 8. The number of imidazole rings is 1. The van der Waals surface area contributed by atoms with Crippen LogP contribution in [0.2, 0.25) is 5.28 Å². The second-order valence-electron chi connectivity index (χ2n) is 4.57. The number of aryl methyl sites for hydroxylation is 1. The summed E-state index contributed by atoms with van der Waals surface area (Å²) in [6.45, 7) is 0.194. The van der Waals surface area contributed by atoms with Crippen LogP contribution >= 0.6 is 27.2 Å². The number of phosphoric ester groups is 1. The molecule has 1 unspecified atom stereocenters. The van der Waals surface area contributed by atoms with Crippen LogP contribution in [-0.2, 0) is 24.5 Å². The van der Waals surface area contributed by atoms with Crippen molar-refractivity contribution in [2.45, 2.75) is 19.4 Å². The number of nitrogens with zero attached hydrogens (tertiary/aromatic N) is 4. The van der Waals surface area contributed by atoms with Gasteiger partial charge in [0.2, 0.25) is 5.28 Å². The molecule has 15 nitrogen and oxygen atoms in total. The van der Waals surface area contributed by atoms with Crippen LogP contribution in [0.1, 0.15) is 12.8 Å². The normalized spacial score (nSPS) is 13.2. The molecule has 18 heteroatoms. The number of hydrogen-bond donors (Lipinski definition) is 7. The van der Waals surface area contributed by atoms with Gasteiger partial charge in [-0.3, -0.25) is 4.52 Å². The van der Waals surface area contributed by atoms with Gasteiger partial charge in [0.05, 0.1) is 12.9 Å². The van der Waals surface area contributed by atoms with E-state index in [1.54, 1.807) is 4.57 Å². The van der Waals surface area contributed by atoms with E-state index in [4.69, 9.17) is 32.0 Å². The first kappa shape index (κ1) is 28.0. The second kappa shape index (κ2) is 10.9. The van der Waals surface area contributed by atoms with Gasteiger partial charge in [0.25, 0.3) is 0 Å². The molecule has 0 amide bonds. The molecule has 27 heavy (non-hydrogen) atoms. The topological polar surface area (TPSA) is 288 Å². The lowest BCUT2D eigenvalue weighted by molar-refractivity contribution is 0.175. The van der Waals surface area contributed by atoms with Gasteiger partial charge < -0.3 is 43.4 Å². The lowest BCUT2D eigenvalue weighted by Gasteiger charge is -2.12. The fourth-order valence-corrected chi connectivity index (χ4v) is 3.62. The minimum atomic E-state index is -5.11. The van der Waals surface area contributed by atoms with Crippen molar-refractivity contribution in [3.8, 4) is 0 Å². The molecule has 0 saturated heterocycles. The summed E-state index contributed by atoms with van der Waals surface area (Å²) in [6.07, 6.45) is 2.30. The molecule has 0 saturated carbocycles. The van der Waals surface area contributed by atoms with Crippen molar-refractivity contribution in [2.24, 2.45) is 0 Å². The third-order valence-electron chi connectivity index (χ3n) is 2.72. The number of hydrogen-bond acceptors (Lipinski definition) is 11. The molecule has 0 aromatic carbocycles. The van der Waals surface area contributed by atoms with Gasteiger partial charge in [-0.2, -0.15) is 14.3 Å². The number of fused-ring (bicyclic) bond motifs is 1. The van der Waals surface area contributed by atoms with Gasteiger partial charge in [0.15, 0.2) is 11.5 Å². The Balaban J connectivity index is 0. The highest BCUT2D eigenvalue weighted by Crippen LogP contribution is 2.57. The Kier molecular flexibility index (Phi) is 11.3. The molecule has 2 heterocycles. The van der Waals surface area contributed by atoms with Crippen LogP contribution in [0.4, 0.5) is 5.82 Å². The lowest BCUT2D eigenvalue weighted by Crippen LogP contribution is -2.02. The average molecular weight is 453 g/mol. The Morgan fingerprint density at radius 3 is 2.37 bits per heavy atom. The lowest BCUT2D eigenvalue weighted by atomic mass is 10.3. The van der Waals surface area contributed by atoms with E-state index in [9.17, 15) is 9.13 Å². The van der Waals surface area contributed by atoms with Crippen LogP contribution in [0.25, 0.3) is 11.2 Å². The predicted molar refractivity (Wildman–Crippen MR) is 98.0 cm³/mol. The van der Waals surface area contributed by atoms with Crippen LogP contribution < -0.4 is 24.2 Å². The summed E-state index contributed by atoms with van der Waals surface area (Å²) < 4.78 is 31.5. The summed E-state index contributed by atoms with van der Waals surface area (Å²) in [5.41, 5.74) is 6.54. The zero-order valence-corrected chi connectivity index (χ0v) is 16.7. The van der Waals surface area contributed by atoms with E-state index >= 15 is 0 Å². The molecule has 2 aromatic rings. The van der Waals surface area contributed by atoms with E-state index in [0.717, 1.165) is 0 Å². The van der Waals surface area contributed by atoms with E-state index < -0.39 is 15.6 Å². The maximum atomic E-state index is 11.2. The van der Waals surface area contributed by atoms with Gasteiger partial charge in [0.1, 0.15) is 5.52 Å². The first-order valence-corrected chi connectivity index (χ1v) is 9.86. The van der Waals surface area contributed by atoms with Crippen molar-refractivity contribution in [2.75, 3.05) is 12.3 Å². The van der Waals surface area contributed by atoms with E-state index in [1.165, 1.54) is 6.33 Å². The number of unbranched alkanes of at least 4 members (excludes halogenated alkanes) is 1. The van der Waals surface area contributed by atoms with Crippen LogP contribution in [0, 0.1) is 0 Å². The van der Waals surface area contributed by atoms with Crippen molar-refractivity contribution in [1.29, 1.82) is 0 Å². The molecular weight excluding hydrogens is 430 g/mol. The van der Waals surface area contributed by atoms with Gasteiger partial charge in [-0.1, -0.05) is 0 Å². The maximum absolute atomic E-state index is 11.2. The molecule has 1 atom stereocenters. The number of nitrogen functional groups attached to an aromatic ring is 1. The number of nitrogens with two attached hydrogens (primary N) is 1. The molecule has 2 aromatic heterocycles. The third kappa shape index (κ3) is 8.55. The summed E-state index contributed by atoms with van der Waals surface area (Å²) in [7, 11) is -9.91. The van der Waals surface area contributed by atoms with E-state index in [0.29, 0.717) is 30.6 Å². The van der Waals surface area contributed by atoms with Crippen molar-refractivity contribution in [3.63, 3.8) is 0 Å². The number of halogens is 1. The molecular formula is C9H23ClN8O7P2. The Bertz CT molecular complexity index is 830. The molecule has 0 aliphatic heterocycles. The van der Waals surface area contributed by atoms with Crippen LogP contribution in [-0.4, -0.2) is 40.8 Å². The van der Waals surface area contributed by atoms with E-state index in [2.05, 4.69) is 23.8 Å². The molecule has 14 N–H and O–H groups in total. The van der Waals surface area contributed by atoms with Gasteiger partial charge in [0, 0.05) is 6.54 Å². The Hall–Kier alpha value is -1.22. The monoisotopic (exact) mass is 452 g/mol. The largest absolute Gasteiger partial charge is 0.481 e. The van der Waals surface area contributed by atoms with Crippen molar-refractivity contribution in [3.05, 3.63) is 11.6 Å². The number of anilines is 1. The van der Waals surface area contributed by atoms with Crippen LogP contribution in [0.3, 0.4) is 0 Å². The summed E-state index contributed by atoms with van der Waals surface area (Å²) in [6, 6.07) is 0. The summed E-state index contributed by atoms with van der Waals surface area (Å²) in [4.78, 5) is 37.9. The predicted octanol–water partition coefficient (Wildman–Crippen LogP) is 1.55. The summed E-state index contributed by atoms with van der Waals surface area (Å²) in [5.74, 6) is 0.155. The third-order valence-corrected chi connectivity index (χ3v) is 5.08. The zero-order valence-electron chi connectivity index (χ0n) is 14.1. The molecule has 0 bridgehead atoms. The van der Waals surface area contributed by atoms with Crippen LogP contribution in [0.5, 0.6) is 0 Å². The fraction of sp³-hybridized carbons (Fsp3) is 0.444. The Labute approximate surface area is 158 Å². The molecule has 0 fully saturated rings. The highest BCUT2D eigenvalue weighted by Gasteiger charge is 2.31. The van der Waals surface area contributed by atoms with E-state index in [-0.39, 0.29) is 36.2 Å². The Morgan fingerprint density at radius 2 is 1.78 bits per heavy atom. The van der Waals surface area contributed by atoms with E-state index in [1.807, 2.05) is 0 Å². The quantitative estimate of drug-likeness (QED) is 0.170. The highest BCUT2D eigenvalue weighted by molar-refractivity contribution is 7.60. The van der Waals surface area contributed by atoms with Gasteiger partial charge in [-0.05, 0) is 24.4 Å². The van der Waals surface area contributed by atoms with Crippen molar-refractivity contribution < 1.29 is 32.6 Å². The second-order valence-corrected chi connectivity index (χ2v) is 7.74. The summed E-state index contributed by atoms with van der Waals surface area (Å²) >= 11 is 5.74. The minimum absolute atomic E-state index is 0. The minimum Gasteiger partial charge on any atom is -0.382 e. The standard InChI is InChI=1S/C9H14ClN5O7P2.3H3N/c10-9-13-7(11)6-8(14-9)15(5-12-6)3-1-2-4-21-24(19,20)22-23(16,17)18;;;/h5H,1-4H2,(H,19,20)(H2,11,13,14)(H2,16,17,18);3*1H3. The van der Waals surface area contributed by atoms with Gasteiger partial charge >= 0.3 is 15.6 Å². The molecule has 0 spiro atoms. The highest BCUT2D eigenvalue weighted by atomic mass is 35.5. The summed E-state index contributed by atoms with van der Waals surface area (Å²) in [5, 5.41) is -0.0131.